The van der Waals surface area contributed by atoms with Crippen LogP contribution in [0.5, 0.6) is 5.75 Å². The van der Waals surface area contributed by atoms with E-state index in [2.05, 4.69) is 4.90 Å². The van der Waals surface area contributed by atoms with Gasteiger partial charge in [-0.1, -0.05) is 24.3 Å². The molecule has 0 atom stereocenters. The summed E-state index contributed by atoms with van der Waals surface area (Å²) in [5.74, 6) is 0.599. The number of carbonyl (C=O) groups is 3. The molecule has 3 aliphatic heterocycles. The van der Waals surface area contributed by atoms with Crippen LogP contribution in [0.25, 0.3) is 0 Å². The van der Waals surface area contributed by atoms with Gasteiger partial charge in [0.05, 0.1) is 19.2 Å². The molecule has 6 rings (SSSR count). The standard InChI is InChI=1S/C36H38F3N3O5/c1-46-31-12-8-27(9-13-31)32(43)28-14-18-41(19-15-28)33(44)29-6-2-26(3-7-29)23-42-24-35(47-34(42)45)16-20-40(21-17-35)22-25-4-10-30(11-5-25)36(37,38)39/h2-13,28H,14-24H2,1H3. The average Bonchev–Trinajstić information content (AvgIpc) is 3.39. The van der Waals surface area contributed by atoms with E-state index in [0.29, 0.717) is 88.4 Å². The van der Waals surface area contributed by atoms with Gasteiger partial charge >= 0.3 is 12.3 Å². The van der Waals surface area contributed by atoms with Crippen LogP contribution in [0.15, 0.2) is 72.8 Å². The number of ether oxygens (including phenoxy) is 2. The van der Waals surface area contributed by atoms with Crippen molar-refractivity contribution in [3.8, 4) is 5.75 Å². The Bertz CT molecular complexity index is 1580. The maximum atomic E-state index is 13.2. The summed E-state index contributed by atoms with van der Waals surface area (Å²) in [7, 11) is 1.59. The average molecular weight is 650 g/mol. The summed E-state index contributed by atoms with van der Waals surface area (Å²) in [4.78, 5) is 44.6. The summed E-state index contributed by atoms with van der Waals surface area (Å²) in [5.41, 5.74) is 1.68. The van der Waals surface area contributed by atoms with Crippen molar-refractivity contribution >= 4 is 17.8 Å². The number of rotatable bonds is 8. The molecule has 248 valence electrons. The number of alkyl halides is 3. The highest BCUT2D eigenvalue weighted by Crippen LogP contribution is 2.35. The first-order chi connectivity index (χ1) is 22.5. The molecule has 3 aromatic carbocycles. The second-order valence-corrected chi connectivity index (χ2v) is 12.7. The van der Waals surface area contributed by atoms with Gasteiger partial charge in [0.15, 0.2) is 5.78 Å². The van der Waals surface area contributed by atoms with E-state index in [1.165, 1.54) is 12.1 Å². The van der Waals surface area contributed by atoms with Gasteiger partial charge in [0.1, 0.15) is 11.4 Å². The summed E-state index contributed by atoms with van der Waals surface area (Å²) in [6.07, 6.45) is -2.21. The molecule has 0 unspecified atom stereocenters. The first kappa shape index (κ1) is 32.6. The maximum Gasteiger partial charge on any atom is 0.416 e. The Hall–Kier alpha value is -4.38. The van der Waals surface area contributed by atoms with Crippen LogP contribution in [0.1, 0.15) is 63.1 Å². The van der Waals surface area contributed by atoms with E-state index in [9.17, 15) is 27.6 Å². The molecule has 3 aliphatic rings. The number of methoxy groups -OCH3 is 1. The van der Waals surface area contributed by atoms with Gasteiger partial charge in [-0.15, -0.1) is 0 Å². The van der Waals surface area contributed by atoms with E-state index in [4.69, 9.17) is 9.47 Å². The third kappa shape index (κ3) is 7.45. The van der Waals surface area contributed by atoms with Crippen LogP contribution < -0.4 is 4.74 Å². The Morgan fingerprint density at radius 2 is 1.40 bits per heavy atom. The fourth-order valence-electron chi connectivity index (χ4n) is 6.74. The lowest BCUT2D eigenvalue weighted by atomic mass is 9.88. The van der Waals surface area contributed by atoms with Crippen LogP contribution in [0.2, 0.25) is 0 Å². The van der Waals surface area contributed by atoms with Crippen molar-refractivity contribution in [1.29, 1.82) is 0 Å². The van der Waals surface area contributed by atoms with E-state index in [0.717, 1.165) is 23.3 Å². The predicted molar refractivity (Wildman–Crippen MR) is 168 cm³/mol. The highest BCUT2D eigenvalue weighted by molar-refractivity contribution is 5.98. The molecule has 3 saturated heterocycles. The molecule has 0 radical (unpaired) electrons. The molecular formula is C36H38F3N3O5. The smallest absolute Gasteiger partial charge is 0.416 e. The monoisotopic (exact) mass is 649 g/mol. The van der Waals surface area contributed by atoms with Gasteiger partial charge in [-0.05, 0) is 72.5 Å². The molecule has 0 N–H and O–H groups in total. The SMILES string of the molecule is COc1ccc(C(=O)C2CCN(C(=O)c3ccc(CN4CC5(CCN(Cc6ccc(C(F)(F)F)cc6)CC5)OC4=O)cc3)CC2)cc1. The molecule has 3 aromatic rings. The lowest BCUT2D eigenvalue weighted by Crippen LogP contribution is -2.46. The highest BCUT2D eigenvalue weighted by atomic mass is 19.4. The molecule has 3 fully saturated rings. The van der Waals surface area contributed by atoms with E-state index < -0.39 is 17.3 Å². The molecule has 2 amide bonds. The number of carbonyl (C=O) groups excluding carboxylic acids is 3. The van der Waals surface area contributed by atoms with Gasteiger partial charge in [-0.3, -0.25) is 19.4 Å². The van der Waals surface area contributed by atoms with Crippen molar-refractivity contribution in [2.75, 3.05) is 39.8 Å². The molecular weight excluding hydrogens is 611 g/mol. The number of halogens is 3. The zero-order chi connectivity index (χ0) is 33.2. The number of likely N-dealkylation sites (tertiary alicyclic amines) is 2. The second kappa shape index (κ2) is 13.4. The number of hydrogen-bond donors (Lipinski definition) is 0. The van der Waals surface area contributed by atoms with Crippen molar-refractivity contribution in [2.45, 2.75) is 50.6 Å². The second-order valence-electron chi connectivity index (χ2n) is 12.7. The summed E-state index contributed by atoms with van der Waals surface area (Å²) in [6, 6.07) is 19.6. The van der Waals surface area contributed by atoms with Crippen LogP contribution >= 0.6 is 0 Å². The summed E-state index contributed by atoms with van der Waals surface area (Å²) < 4.78 is 49.7. The topological polar surface area (TPSA) is 79.4 Å². The summed E-state index contributed by atoms with van der Waals surface area (Å²) in [5, 5.41) is 0. The number of Topliss-reactive ketones (excluding diaryl/α,β-unsaturated/α-hetero) is 1. The molecule has 0 aliphatic carbocycles. The molecule has 11 heteroatoms. The van der Waals surface area contributed by atoms with E-state index in [1.54, 1.807) is 53.3 Å². The largest absolute Gasteiger partial charge is 0.497 e. The molecule has 3 heterocycles. The fourth-order valence-corrected chi connectivity index (χ4v) is 6.74. The Labute approximate surface area is 272 Å². The Kier molecular flexibility index (Phi) is 9.27. The zero-order valence-electron chi connectivity index (χ0n) is 26.3. The van der Waals surface area contributed by atoms with Crippen LogP contribution in [0.4, 0.5) is 18.0 Å². The molecule has 0 bridgehead atoms. The number of amides is 2. The number of nitrogens with zero attached hydrogens (tertiary/aromatic N) is 3. The number of ketones is 1. The predicted octanol–water partition coefficient (Wildman–Crippen LogP) is 6.44. The van der Waals surface area contributed by atoms with Gasteiger partial charge in [0, 0.05) is 69.2 Å². The Balaban J connectivity index is 0.965. The molecule has 0 aromatic heterocycles. The number of piperidine rings is 2. The fraction of sp³-hybridized carbons (Fsp3) is 0.417. The van der Waals surface area contributed by atoms with Crippen LogP contribution in [-0.2, 0) is 24.0 Å². The van der Waals surface area contributed by atoms with Crippen molar-refractivity contribution < 1.29 is 37.0 Å². The normalized spacial score (nSPS) is 18.8. The van der Waals surface area contributed by atoms with Crippen molar-refractivity contribution in [2.24, 2.45) is 5.92 Å². The highest BCUT2D eigenvalue weighted by Gasteiger charge is 2.46. The van der Waals surface area contributed by atoms with E-state index in [1.807, 2.05) is 12.1 Å². The molecule has 47 heavy (non-hydrogen) atoms. The Morgan fingerprint density at radius 1 is 0.830 bits per heavy atom. The van der Waals surface area contributed by atoms with Gasteiger partial charge in [0.25, 0.3) is 5.91 Å². The van der Waals surface area contributed by atoms with Crippen LogP contribution in [0.3, 0.4) is 0 Å². The minimum absolute atomic E-state index is 0.0745. The van der Waals surface area contributed by atoms with E-state index >= 15 is 0 Å². The molecule has 1 spiro atoms. The zero-order valence-corrected chi connectivity index (χ0v) is 26.3. The van der Waals surface area contributed by atoms with Gasteiger partial charge < -0.3 is 14.4 Å². The minimum atomic E-state index is -4.35. The molecule has 0 saturated carbocycles. The minimum Gasteiger partial charge on any atom is -0.497 e. The van der Waals surface area contributed by atoms with Gasteiger partial charge in [-0.25, -0.2) is 4.79 Å². The number of benzene rings is 3. The van der Waals surface area contributed by atoms with E-state index in [-0.39, 0.29) is 23.7 Å². The van der Waals surface area contributed by atoms with Crippen molar-refractivity contribution in [1.82, 2.24) is 14.7 Å². The Morgan fingerprint density at radius 3 is 2.00 bits per heavy atom. The number of hydrogen-bond acceptors (Lipinski definition) is 6. The van der Waals surface area contributed by atoms with Crippen LogP contribution in [-0.4, -0.2) is 77.9 Å². The lowest BCUT2D eigenvalue weighted by Gasteiger charge is -2.37. The lowest BCUT2D eigenvalue weighted by molar-refractivity contribution is -0.137. The third-order valence-corrected chi connectivity index (χ3v) is 9.60. The maximum absolute atomic E-state index is 13.2. The van der Waals surface area contributed by atoms with Crippen LogP contribution in [0, 0.1) is 5.92 Å². The first-order valence-corrected chi connectivity index (χ1v) is 15.9. The van der Waals surface area contributed by atoms with Gasteiger partial charge in [0.2, 0.25) is 0 Å². The van der Waals surface area contributed by atoms with Crippen molar-refractivity contribution in [3.63, 3.8) is 0 Å². The van der Waals surface area contributed by atoms with Gasteiger partial charge in [-0.2, -0.15) is 13.2 Å². The third-order valence-electron chi connectivity index (χ3n) is 9.60. The summed E-state index contributed by atoms with van der Waals surface area (Å²) in [6.45, 7) is 3.73. The first-order valence-electron chi connectivity index (χ1n) is 15.9. The summed E-state index contributed by atoms with van der Waals surface area (Å²) >= 11 is 0. The van der Waals surface area contributed by atoms with Crippen molar-refractivity contribution in [3.05, 3.63) is 101 Å². The molecule has 8 nitrogen and oxygen atoms in total. The quantitative estimate of drug-likeness (QED) is 0.262.